The van der Waals surface area contributed by atoms with Gasteiger partial charge in [-0.1, -0.05) is 133 Å². The standard InChI is InChI=1S/C19H14N2O.C16H13NS.C15H12N2O/c1-3-7-15-13(5-1)9-10-17-18(15)20-12-19(22-17)11-14-6-2-4-8-16(14)21-19;1-3-7-14-13(6-1)11-16(17-14)10-9-12-5-2-4-8-15(12)18-16;1-2-6-12-11(5-1)9-15(17-12)10-16-13-7-3-4-8-14(13)18-15/h1-10,12,21H,11H2;1-10,17H,11H2;1-8,10,17H,9H2/t19-;16-;15-/m010/s1. The van der Waals surface area contributed by atoms with Crippen LogP contribution in [-0.2, 0) is 19.3 Å². The van der Waals surface area contributed by atoms with Crippen LogP contribution in [0, 0.1) is 0 Å². The van der Waals surface area contributed by atoms with Crippen molar-refractivity contribution in [2.24, 2.45) is 9.98 Å². The molecule has 13 rings (SSSR count). The quantitative estimate of drug-likeness (QED) is 0.142. The van der Waals surface area contributed by atoms with Gasteiger partial charge in [0.15, 0.2) is 0 Å². The van der Waals surface area contributed by atoms with E-state index in [-0.39, 0.29) is 4.87 Å². The maximum atomic E-state index is 6.31. The number of nitrogens with zero attached hydrogens (tertiary/aromatic N) is 2. The average molecular weight is 774 g/mol. The number of para-hydroxylation sites is 5. The normalized spacial score (nSPS) is 22.6. The second kappa shape index (κ2) is 13.7. The molecular weight excluding hydrogens is 735 g/mol. The molecule has 0 aliphatic carbocycles. The number of hydrogen-bond donors (Lipinski definition) is 3. The molecule has 7 aromatic carbocycles. The first-order valence-electron chi connectivity index (χ1n) is 19.7. The fourth-order valence-corrected chi connectivity index (χ4v) is 9.87. The fourth-order valence-electron chi connectivity index (χ4n) is 8.55. The van der Waals surface area contributed by atoms with Gasteiger partial charge in [0, 0.05) is 46.6 Å². The van der Waals surface area contributed by atoms with E-state index >= 15 is 0 Å². The predicted molar refractivity (Wildman–Crippen MR) is 239 cm³/mol. The Kier molecular flexibility index (Phi) is 8.15. The van der Waals surface area contributed by atoms with E-state index in [1.165, 1.54) is 38.2 Å². The topological polar surface area (TPSA) is 79.3 Å². The lowest BCUT2D eigenvalue weighted by molar-refractivity contribution is 0.181. The summed E-state index contributed by atoms with van der Waals surface area (Å²) in [7, 11) is 0. The maximum Gasteiger partial charge on any atom is 0.221 e. The Bertz CT molecular complexity index is 2640. The zero-order valence-electron chi connectivity index (χ0n) is 31.6. The number of hydrogen-bond acceptors (Lipinski definition) is 8. The molecule has 3 atom stereocenters. The molecule has 6 heterocycles. The number of anilines is 3. The number of rotatable bonds is 0. The number of thioether (sulfide) groups is 1. The van der Waals surface area contributed by atoms with E-state index in [0.717, 1.165) is 58.9 Å². The van der Waals surface area contributed by atoms with Crippen LogP contribution in [-0.4, -0.2) is 28.8 Å². The third kappa shape index (κ3) is 6.26. The van der Waals surface area contributed by atoms with E-state index in [4.69, 9.17) is 14.5 Å². The highest BCUT2D eigenvalue weighted by atomic mass is 32.2. The van der Waals surface area contributed by atoms with E-state index in [9.17, 15) is 0 Å². The van der Waals surface area contributed by atoms with Crippen molar-refractivity contribution >= 4 is 69.5 Å². The van der Waals surface area contributed by atoms with Gasteiger partial charge in [-0.05, 0) is 76.2 Å². The third-order valence-electron chi connectivity index (χ3n) is 11.3. The highest BCUT2D eigenvalue weighted by Gasteiger charge is 2.41. The van der Waals surface area contributed by atoms with E-state index in [1.54, 1.807) is 0 Å². The van der Waals surface area contributed by atoms with Crippen molar-refractivity contribution < 1.29 is 9.47 Å². The van der Waals surface area contributed by atoms with Crippen LogP contribution in [0.4, 0.5) is 28.4 Å². The highest BCUT2D eigenvalue weighted by Crippen LogP contribution is 2.48. The Labute approximate surface area is 341 Å². The summed E-state index contributed by atoms with van der Waals surface area (Å²) in [6, 6.07) is 54.0. The minimum Gasteiger partial charge on any atom is -0.460 e. The lowest BCUT2D eigenvalue weighted by atomic mass is 10.0. The smallest absolute Gasteiger partial charge is 0.221 e. The highest BCUT2D eigenvalue weighted by molar-refractivity contribution is 8.01. The summed E-state index contributed by atoms with van der Waals surface area (Å²) in [6.07, 6.45) is 11.0. The van der Waals surface area contributed by atoms with Crippen LogP contribution < -0.4 is 25.4 Å². The first-order valence-corrected chi connectivity index (χ1v) is 20.5. The predicted octanol–water partition coefficient (Wildman–Crippen LogP) is 11.6. The average Bonchev–Trinajstić information content (AvgIpc) is 3.93. The van der Waals surface area contributed by atoms with E-state index in [2.05, 4.69) is 130 Å². The van der Waals surface area contributed by atoms with Crippen molar-refractivity contribution in [1.82, 2.24) is 0 Å². The van der Waals surface area contributed by atoms with E-state index < -0.39 is 11.4 Å². The van der Waals surface area contributed by atoms with E-state index in [1.807, 2.05) is 84.9 Å². The van der Waals surface area contributed by atoms with Gasteiger partial charge in [0.1, 0.15) is 27.7 Å². The summed E-state index contributed by atoms with van der Waals surface area (Å²) >= 11 is 1.93. The largest absolute Gasteiger partial charge is 0.460 e. The Balaban J connectivity index is 0.000000100. The zero-order chi connectivity index (χ0) is 38.6. The summed E-state index contributed by atoms with van der Waals surface area (Å²) in [6.45, 7) is 0. The second-order valence-electron chi connectivity index (χ2n) is 15.3. The molecule has 0 radical (unpaired) electrons. The molecule has 0 saturated carbocycles. The van der Waals surface area contributed by atoms with Crippen LogP contribution >= 0.6 is 11.8 Å². The molecule has 0 saturated heterocycles. The zero-order valence-corrected chi connectivity index (χ0v) is 32.4. The molecule has 8 heteroatoms. The molecule has 3 spiro atoms. The number of aliphatic imine (C=N–C) groups is 2. The van der Waals surface area contributed by atoms with Crippen LogP contribution in [0.3, 0.4) is 0 Å². The van der Waals surface area contributed by atoms with Crippen LogP contribution in [0.15, 0.2) is 179 Å². The van der Waals surface area contributed by atoms with Crippen molar-refractivity contribution in [3.8, 4) is 11.5 Å². The number of benzene rings is 7. The molecule has 0 bridgehead atoms. The van der Waals surface area contributed by atoms with Crippen LogP contribution in [0.25, 0.3) is 16.8 Å². The van der Waals surface area contributed by atoms with Gasteiger partial charge in [-0.25, -0.2) is 0 Å². The molecule has 58 heavy (non-hydrogen) atoms. The SMILES string of the molecule is C1=C[C@]2(Cc3ccccc3N2)Sc2ccccc21.C1=Nc2c(ccc3ccccc23)O[C@@]12Cc1ccccc1N2.C1=Nc2ccccc2O[C@@]12Cc1ccccc1N2. The maximum absolute atomic E-state index is 6.31. The van der Waals surface area contributed by atoms with Gasteiger partial charge < -0.3 is 25.4 Å². The van der Waals surface area contributed by atoms with Gasteiger partial charge in [0.05, 0.1) is 12.4 Å². The molecule has 282 valence electrons. The molecule has 0 aromatic heterocycles. The first kappa shape index (κ1) is 34.5. The lowest BCUT2D eigenvalue weighted by Crippen LogP contribution is -2.45. The Morgan fingerprint density at radius 2 is 1.09 bits per heavy atom. The first-order chi connectivity index (χ1) is 28.5. The van der Waals surface area contributed by atoms with Crippen molar-refractivity contribution in [3.05, 3.63) is 186 Å². The van der Waals surface area contributed by atoms with Crippen molar-refractivity contribution in [2.45, 2.75) is 40.5 Å². The monoisotopic (exact) mass is 773 g/mol. The molecule has 0 fully saturated rings. The minimum absolute atomic E-state index is 0.0119. The lowest BCUT2D eigenvalue weighted by Gasteiger charge is -2.31. The minimum atomic E-state index is -0.556. The van der Waals surface area contributed by atoms with Gasteiger partial charge in [0.25, 0.3) is 0 Å². The van der Waals surface area contributed by atoms with Crippen molar-refractivity contribution in [3.63, 3.8) is 0 Å². The Morgan fingerprint density at radius 1 is 0.500 bits per heavy atom. The number of nitrogens with one attached hydrogen (secondary N) is 3. The summed E-state index contributed by atoms with van der Waals surface area (Å²) < 4.78 is 12.4. The molecule has 6 aliphatic rings. The number of fused-ring (bicyclic) bond motifs is 8. The second-order valence-corrected chi connectivity index (χ2v) is 16.7. The van der Waals surface area contributed by atoms with Gasteiger partial charge in [0.2, 0.25) is 11.4 Å². The molecule has 7 nitrogen and oxygen atoms in total. The fraction of sp³-hybridized carbons (Fsp3) is 0.120. The van der Waals surface area contributed by atoms with Crippen LogP contribution in [0.2, 0.25) is 0 Å². The Morgan fingerprint density at radius 3 is 1.83 bits per heavy atom. The molecule has 6 aliphatic heterocycles. The molecular formula is C50H39N5O2S. The summed E-state index contributed by atoms with van der Waals surface area (Å²) in [5.74, 6) is 1.67. The van der Waals surface area contributed by atoms with Crippen LogP contribution in [0.5, 0.6) is 11.5 Å². The van der Waals surface area contributed by atoms with Crippen molar-refractivity contribution in [2.75, 3.05) is 16.0 Å². The van der Waals surface area contributed by atoms with Crippen molar-refractivity contribution in [1.29, 1.82) is 0 Å². The summed E-state index contributed by atoms with van der Waals surface area (Å²) in [4.78, 5) is 10.6. The third-order valence-corrected chi connectivity index (χ3v) is 12.7. The summed E-state index contributed by atoms with van der Waals surface area (Å²) in [5, 5.41) is 12.9. The van der Waals surface area contributed by atoms with Gasteiger partial charge >= 0.3 is 0 Å². The number of ether oxygens (including phenoxy) is 2. The molecule has 7 aromatic rings. The Hall–Kier alpha value is -6.77. The van der Waals surface area contributed by atoms with Crippen LogP contribution in [0.1, 0.15) is 22.3 Å². The van der Waals surface area contributed by atoms with Gasteiger partial charge in [-0.2, -0.15) is 0 Å². The molecule has 0 unspecified atom stereocenters. The van der Waals surface area contributed by atoms with Gasteiger partial charge in [-0.15, -0.1) is 0 Å². The van der Waals surface area contributed by atoms with E-state index in [0.29, 0.717) is 0 Å². The summed E-state index contributed by atoms with van der Waals surface area (Å²) in [5.41, 5.74) is 9.52. The molecule has 0 amide bonds. The van der Waals surface area contributed by atoms with Gasteiger partial charge in [-0.3, -0.25) is 9.98 Å². The molecule has 3 N–H and O–H groups in total.